The summed E-state index contributed by atoms with van der Waals surface area (Å²) in [5.74, 6) is 0.529. The monoisotopic (exact) mass is 432 g/mol. The van der Waals surface area contributed by atoms with Crippen molar-refractivity contribution in [2.24, 2.45) is 5.92 Å². The van der Waals surface area contributed by atoms with Gasteiger partial charge in [0.25, 0.3) is 5.91 Å². The maximum absolute atomic E-state index is 13.0. The lowest BCUT2D eigenvalue weighted by atomic mass is 9.94. The van der Waals surface area contributed by atoms with E-state index in [0.717, 1.165) is 51.7 Å². The smallest absolute Gasteiger partial charge is 0.289 e. The summed E-state index contributed by atoms with van der Waals surface area (Å²) in [7, 11) is 0. The van der Waals surface area contributed by atoms with Crippen LogP contribution in [-0.2, 0) is 9.59 Å². The fourth-order valence-electron chi connectivity index (χ4n) is 4.39. The van der Waals surface area contributed by atoms with Crippen LogP contribution in [0.5, 0.6) is 0 Å². The van der Waals surface area contributed by atoms with Crippen LogP contribution in [-0.4, -0.2) is 84.3 Å². The lowest BCUT2D eigenvalue weighted by Crippen LogP contribution is -2.56. The Kier molecular flexibility index (Phi) is 8.51. The average molecular weight is 433 g/mol. The molecule has 0 radical (unpaired) electrons. The molecule has 3 amide bonds. The predicted octanol–water partition coefficient (Wildman–Crippen LogP) is 1.97. The fourth-order valence-corrected chi connectivity index (χ4v) is 4.39. The van der Waals surface area contributed by atoms with Crippen LogP contribution in [0, 0.1) is 5.92 Å². The van der Waals surface area contributed by atoms with Crippen LogP contribution in [0.4, 0.5) is 0 Å². The van der Waals surface area contributed by atoms with Crippen LogP contribution in [0.1, 0.15) is 56.5 Å². The highest BCUT2D eigenvalue weighted by atomic mass is 16.3. The van der Waals surface area contributed by atoms with E-state index in [1.165, 1.54) is 6.26 Å². The van der Waals surface area contributed by atoms with Crippen molar-refractivity contribution in [1.82, 2.24) is 20.0 Å². The number of furan rings is 1. The van der Waals surface area contributed by atoms with Crippen LogP contribution in [0.3, 0.4) is 0 Å². The van der Waals surface area contributed by atoms with Gasteiger partial charge in [0.1, 0.15) is 0 Å². The molecule has 3 heterocycles. The predicted molar refractivity (Wildman–Crippen MR) is 117 cm³/mol. The molecular weight excluding hydrogens is 396 g/mol. The third kappa shape index (κ3) is 6.09. The van der Waals surface area contributed by atoms with Crippen LogP contribution < -0.4 is 5.32 Å². The fraction of sp³-hybridized carbons (Fsp3) is 0.696. The first-order valence-electron chi connectivity index (χ1n) is 11.6. The van der Waals surface area contributed by atoms with Gasteiger partial charge in [0.15, 0.2) is 5.76 Å². The molecule has 8 heteroatoms. The van der Waals surface area contributed by atoms with E-state index in [2.05, 4.69) is 17.1 Å². The highest BCUT2D eigenvalue weighted by molar-refractivity contribution is 5.91. The Morgan fingerprint density at radius 1 is 1.06 bits per heavy atom. The number of carbonyl (C=O) groups excluding carboxylic acids is 3. The maximum Gasteiger partial charge on any atom is 0.289 e. The van der Waals surface area contributed by atoms with Crippen LogP contribution >= 0.6 is 0 Å². The van der Waals surface area contributed by atoms with Crippen molar-refractivity contribution in [3.63, 3.8) is 0 Å². The second-order valence-electron chi connectivity index (χ2n) is 8.58. The van der Waals surface area contributed by atoms with Crippen molar-refractivity contribution in [2.45, 2.75) is 52.0 Å². The van der Waals surface area contributed by atoms with E-state index in [0.29, 0.717) is 31.9 Å². The highest BCUT2D eigenvalue weighted by Gasteiger charge is 2.33. The van der Waals surface area contributed by atoms with Gasteiger partial charge in [-0.2, -0.15) is 0 Å². The molecule has 0 aromatic carbocycles. The number of nitrogens with zero attached hydrogens (tertiary/aromatic N) is 3. The summed E-state index contributed by atoms with van der Waals surface area (Å²) in [5.41, 5.74) is 0. The highest BCUT2D eigenvalue weighted by Crippen LogP contribution is 2.20. The second kappa shape index (κ2) is 11.3. The summed E-state index contributed by atoms with van der Waals surface area (Å²) in [6.07, 6.45) is 6.41. The molecule has 0 bridgehead atoms. The number of likely N-dealkylation sites (tertiary alicyclic amines) is 1. The number of hydrogen-bond acceptors (Lipinski definition) is 5. The molecule has 2 saturated heterocycles. The molecule has 2 fully saturated rings. The van der Waals surface area contributed by atoms with Crippen molar-refractivity contribution < 1.29 is 18.8 Å². The standard InChI is InChI=1S/C23H36N4O4/c1-3-4-5-10-24-21(28)19-8-11-25(12-9-19)18(2)22(29)26-13-15-27(16-14-26)23(30)20-7-6-17-31-20/h6-7,17-19H,3-5,8-16H2,1-2H3,(H,24,28). The molecule has 1 unspecified atom stereocenters. The van der Waals surface area contributed by atoms with Crippen molar-refractivity contribution in [2.75, 3.05) is 45.8 Å². The van der Waals surface area contributed by atoms with Crippen molar-refractivity contribution in [3.8, 4) is 0 Å². The molecule has 172 valence electrons. The normalized spacial score (nSPS) is 19.3. The lowest BCUT2D eigenvalue weighted by Gasteiger charge is -2.39. The maximum atomic E-state index is 13.0. The Morgan fingerprint density at radius 2 is 1.74 bits per heavy atom. The molecule has 8 nitrogen and oxygen atoms in total. The summed E-state index contributed by atoms with van der Waals surface area (Å²) in [6, 6.07) is 3.16. The van der Waals surface area contributed by atoms with Crippen molar-refractivity contribution in [3.05, 3.63) is 24.2 Å². The molecular formula is C23H36N4O4. The third-order valence-electron chi connectivity index (χ3n) is 6.50. The molecule has 0 saturated carbocycles. The van der Waals surface area contributed by atoms with Gasteiger partial charge >= 0.3 is 0 Å². The van der Waals surface area contributed by atoms with Gasteiger partial charge in [-0.05, 0) is 51.4 Å². The zero-order valence-corrected chi connectivity index (χ0v) is 18.8. The molecule has 3 rings (SSSR count). The zero-order valence-electron chi connectivity index (χ0n) is 18.8. The first kappa shape index (κ1) is 23.3. The molecule has 31 heavy (non-hydrogen) atoms. The number of nitrogens with one attached hydrogen (secondary N) is 1. The lowest BCUT2D eigenvalue weighted by molar-refractivity contribution is -0.138. The van der Waals surface area contributed by atoms with E-state index in [4.69, 9.17) is 4.42 Å². The number of carbonyl (C=O) groups is 3. The summed E-state index contributed by atoms with van der Waals surface area (Å²) in [6.45, 7) is 8.48. The number of amides is 3. The largest absolute Gasteiger partial charge is 0.459 e. The van der Waals surface area contributed by atoms with E-state index in [1.807, 2.05) is 11.8 Å². The van der Waals surface area contributed by atoms with Gasteiger partial charge in [0, 0.05) is 38.6 Å². The number of hydrogen-bond donors (Lipinski definition) is 1. The van der Waals surface area contributed by atoms with Gasteiger partial charge in [0.05, 0.1) is 12.3 Å². The summed E-state index contributed by atoms with van der Waals surface area (Å²) in [4.78, 5) is 43.5. The second-order valence-corrected chi connectivity index (χ2v) is 8.58. The minimum Gasteiger partial charge on any atom is -0.459 e. The molecule has 1 atom stereocenters. The summed E-state index contributed by atoms with van der Waals surface area (Å²) < 4.78 is 5.19. The molecule has 0 spiro atoms. The molecule has 1 aromatic rings. The third-order valence-corrected chi connectivity index (χ3v) is 6.50. The first-order chi connectivity index (χ1) is 15.0. The quantitative estimate of drug-likeness (QED) is 0.635. The Balaban J connectivity index is 1.40. The Hall–Kier alpha value is -2.35. The minimum atomic E-state index is -0.208. The average Bonchev–Trinajstić information content (AvgIpc) is 3.35. The van der Waals surface area contributed by atoms with Gasteiger partial charge in [-0.1, -0.05) is 19.8 Å². The minimum absolute atomic E-state index is 0.0522. The molecule has 1 N–H and O–H groups in total. The van der Waals surface area contributed by atoms with E-state index in [-0.39, 0.29) is 29.7 Å². The van der Waals surface area contributed by atoms with Crippen molar-refractivity contribution in [1.29, 1.82) is 0 Å². The van der Waals surface area contributed by atoms with Gasteiger partial charge in [-0.25, -0.2) is 0 Å². The molecule has 2 aliphatic heterocycles. The molecule has 1 aromatic heterocycles. The summed E-state index contributed by atoms with van der Waals surface area (Å²) in [5, 5.41) is 3.06. The number of rotatable bonds is 8. The molecule has 2 aliphatic rings. The van der Waals surface area contributed by atoms with Gasteiger partial charge in [-0.15, -0.1) is 0 Å². The van der Waals surface area contributed by atoms with Gasteiger partial charge in [-0.3, -0.25) is 19.3 Å². The first-order valence-corrected chi connectivity index (χ1v) is 11.6. The number of piperidine rings is 1. The topological polar surface area (TPSA) is 86.1 Å². The number of piperazine rings is 1. The zero-order chi connectivity index (χ0) is 22.2. The van der Waals surface area contributed by atoms with Gasteiger partial charge < -0.3 is 19.5 Å². The van der Waals surface area contributed by atoms with E-state index < -0.39 is 0 Å². The van der Waals surface area contributed by atoms with E-state index >= 15 is 0 Å². The Bertz CT molecular complexity index is 720. The van der Waals surface area contributed by atoms with E-state index in [9.17, 15) is 14.4 Å². The van der Waals surface area contributed by atoms with Crippen molar-refractivity contribution >= 4 is 17.7 Å². The van der Waals surface area contributed by atoms with Crippen LogP contribution in [0.2, 0.25) is 0 Å². The number of unbranched alkanes of at least 4 members (excludes halogenated alkanes) is 2. The van der Waals surface area contributed by atoms with E-state index in [1.54, 1.807) is 17.0 Å². The summed E-state index contributed by atoms with van der Waals surface area (Å²) >= 11 is 0. The Labute approximate surface area is 184 Å². The van der Waals surface area contributed by atoms with Gasteiger partial charge in [0.2, 0.25) is 11.8 Å². The van der Waals surface area contributed by atoms with Crippen LogP contribution in [0.25, 0.3) is 0 Å². The van der Waals surface area contributed by atoms with Crippen LogP contribution in [0.15, 0.2) is 22.8 Å². The Morgan fingerprint density at radius 3 is 2.35 bits per heavy atom. The molecule has 0 aliphatic carbocycles. The SMILES string of the molecule is CCCCCNC(=O)C1CCN(C(C)C(=O)N2CCN(C(=O)c3ccco3)CC2)CC1.